The molecular weight excluding hydrogens is 241 g/mol. The van der Waals surface area contributed by atoms with Crippen LogP contribution in [0.1, 0.15) is 30.0 Å². The van der Waals surface area contributed by atoms with E-state index in [0.29, 0.717) is 11.3 Å². The summed E-state index contributed by atoms with van der Waals surface area (Å²) in [7, 11) is 0. The fraction of sp³-hybridized carbons (Fsp3) is 0.417. The fourth-order valence-electron chi connectivity index (χ4n) is 1.97. The lowest BCUT2D eigenvalue weighted by atomic mass is 9.96. The Morgan fingerprint density at radius 3 is 3.06 bits per heavy atom. The van der Waals surface area contributed by atoms with Crippen molar-refractivity contribution in [3.8, 4) is 5.75 Å². The molecule has 1 aliphatic heterocycles. The van der Waals surface area contributed by atoms with Crippen LogP contribution in [0.15, 0.2) is 12.1 Å². The smallest absolute Gasteiger partial charge is 0.303 e. The lowest BCUT2D eigenvalue weighted by Crippen LogP contribution is -2.20. The van der Waals surface area contributed by atoms with E-state index in [0.717, 1.165) is 0 Å². The van der Waals surface area contributed by atoms with E-state index in [-0.39, 0.29) is 31.8 Å². The molecule has 1 aliphatic rings. The van der Waals surface area contributed by atoms with Crippen molar-refractivity contribution in [3.05, 3.63) is 29.1 Å². The van der Waals surface area contributed by atoms with Crippen LogP contribution < -0.4 is 10.5 Å². The molecule has 6 heteroatoms. The average Bonchev–Trinajstić information content (AvgIpc) is 2.36. The van der Waals surface area contributed by atoms with Crippen molar-refractivity contribution < 1.29 is 23.8 Å². The molecular formula is C12H14FNO4. The topological polar surface area (TPSA) is 81.8 Å². The Kier molecular flexibility index (Phi) is 3.78. The molecule has 1 heterocycles. The molecule has 2 rings (SSSR count). The standard InChI is InChI=1S/C12H14FNO4/c13-8-1-3-10-7(5-17-6-18-10)12(8)9(14)2-4-11(15)16/h1,3,9H,2,4-6,14H2,(H,15,16). The van der Waals surface area contributed by atoms with Crippen LogP contribution in [-0.4, -0.2) is 17.9 Å². The van der Waals surface area contributed by atoms with Crippen LogP contribution in [-0.2, 0) is 16.1 Å². The zero-order valence-electron chi connectivity index (χ0n) is 9.69. The lowest BCUT2D eigenvalue weighted by Gasteiger charge is -2.23. The van der Waals surface area contributed by atoms with Crippen LogP contribution >= 0.6 is 0 Å². The quantitative estimate of drug-likeness (QED) is 0.853. The molecule has 0 spiro atoms. The zero-order chi connectivity index (χ0) is 13.1. The average molecular weight is 255 g/mol. The molecule has 0 saturated carbocycles. The van der Waals surface area contributed by atoms with Gasteiger partial charge in [0, 0.05) is 23.6 Å². The summed E-state index contributed by atoms with van der Waals surface area (Å²) in [4.78, 5) is 10.5. The molecule has 0 amide bonds. The van der Waals surface area contributed by atoms with Gasteiger partial charge in [-0.1, -0.05) is 0 Å². The number of carboxylic acid groups (broad SMARTS) is 1. The highest BCUT2D eigenvalue weighted by Gasteiger charge is 2.23. The lowest BCUT2D eigenvalue weighted by molar-refractivity contribution is -0.137. The minimum atomic E-state index is -0.955. The summed E-state index contributed by atoms with van der Waals surface area (Å²) in [5.74, 6) is -0.868. The summed E-state index contributed by atoms with van der Waals surface area (Å²) in [5.41, 5.74) is 6.71. The number of hydrogen-bond donors (Lipinski definition) is 2. The van der Waals surface area contributed by atoms with Gasteiger partial charge in [-0.25, -0.2) is 4.39 Å². The van der Waals surface area contributed by atoms with Crippen molar-refractivity contribution in [1.82, 2.24) is 0 Å². The van der Waals surface area contributed by atoms with Gasteiger partial charge in [0.05, 0.1) is 6.61 Å². The highest BCUT2D eigenvalue weighted by molar-refractivity contribution is 5.66. The van der Waals surface area contributed by atoms with E-state index in [1.54, 1.807) is 0 Å². The number of carbonyl (C=O) groups is 1. The first-order chi connectivity index (χ1) is 8.59. The highest BCUT2D eigenvalue weighted by Crippen LogP contribution is 2.33. The first kappa shape index (κ1) is 12.8. The molecule has 0 radical (unpaired) electrons. The van der Waals surface area contributed by atoms with Crippen molar-refractivity contribution in [3.63, 3.8) is 0 Å². The van der Waals surface area contributed by atoms with Gasteiger partial charge in [0.1, 0.15) is 11.6 Å². The van der Waals surface area contributed by atoms with Gasteiger partial charge in [0.2, 0.25) is 0 Å². The van der Waals surface area contributed by atoms with Crippen LogP contribution in [0.3, 0.4) is 0 Å². The molecule has 1 unspecified atom stereocenters. The summed E-state index contributed by atoms with van der Waals surface area (Å²) in [6, 6.07) is 2.13. The van der Waals surface area contributed by atoms with Crippen molar-refractivity contribution in [1.29, 1.82) is 0 Å². The van der Waals surface area contributed by atoms with Crippen LogP contribution in [0.5, 0.6) is 5.75 Å². The van der Waals surface area contributed by atoms with Crippen LogP contribution in [0.4, 0.5) is 4.39 Å². The van der Waals surface area contributed by atoms with E-state index in [2.05, 4.69) is 0 Å². The molecule has 1 aromatic rings. The van der Waals surface area contributed by atoms with Crippen molar-refractivity contribution >= 4 is 5.97 Å². The van der Waals surface area contributed by atoms with Gasteiger partial charge in [-0.05, 0) is 18.6 Å². The van der Waals surface area contributed by atoms with Crippen molar-refractivity contribution in [2.45, 2.75) is 25.5 Å². The Hall–Kier alpha value is -1.66. The SMILES string of the molecule is NC(CCC(=O)O)c1c(F)ccc2c1COCO2. The van der Waals surface area contributed by atoms with Gasteiger partial charge in [0.25, 0.3) is 0 Å². The first-order valence-corrected chi connectivity index (χ1v) is 5.58. The second-order valence-corrected chi connectivity index (χ2v) is 4.09. The van der Waals surface area contributed by atoms with Gasteiger partial charge < -0.3 is 20.3 Å². The summed E-state index contributed by atoms with van der Waals surface area (Å²) in [6.07, 6.45) is 0.0642. The van der Waals surface area contributed by atoms with E-state index in [4.69, 9.17) is 20.3 Å². The predicted octanol–water partition coefficient (Wildman–Crippen LogP) is 1.56. The number of hydrogen-bond acceptors (Lipinski definition) is 4. The third-order valence-corrected chi connectivity index (χ3v) is 2.85. The first-order valence-electron chi connectivity index (χ1n) is 5.58. The molecule has 0 fully saturated rings. The van der Waals surface area contributed by atoms with E-state index < -0.39 is 17.8 Å². The number of benzene rings is 1. The molecule has 5 nitrogen and oxygen atoms in total. The summed E-state index contributed by atoms with van der Waals surface area (Å²) in [5, 5.41) is 8.62. The number of nitrogens with two attached hydrogens (primary N) is 1. The maximum atomic E-state index is 13.8. The minimum absolute atomic E-state index is 0.105. The Bertz CT molecular complexity index is 464. The van der Waals surface area contributed by atoms with Crippen molar-refractivity contribution in [2.75, 3.05) is 6.79 Å². The molecule has 3 N–H and O–H groups in total. The third kappa shape index (κ3) is 2.60. The Labute approximate surface area is 103 Å². The van der Waals surface area contributed by atoms with E-state index >= 15 is 0 Å². The number of halogens is 1. The van der Waals surface area contributed by atoms with Crippen LogP contribution in [0.25, 0.3) is 0 Å². The third-order valence-electron chi connectivity index (χ3n) is 2.85. The normalized spacial score (nSPS) is 15.7. The summed E-state index contributed by atoms with van der Waals surface area (Å²) in [6.45, 7) is 0.353. The Balaban J connectivity index is 2.27. The fourth-order valence-corrected chi connectivity index (χ4v) is 1.97. The number of ether oxygens (including phenoxy) is 2. The summed E-state index contributed by atoms with van der Waals surface area (Å²) < 4.78 is 24.2. The minimum Gasteiger partial charge on any atom is -0.481 e. The highest BCUT2D eigenvalue weighted by atomic mass is 19.1. The largest absolute Gasteiger partial charge is 0.481 e. The van der Waals surface area contributed by atoms with Crippen LogP contribution in [0, 0.1) is 5.82 Å². The van der Waals surface area contributed by atoms with Crippen molar-refractivity contribution in [2.24, 2.45) is 5.73 Å². The Morgan fingerprint density at radius 2 is 2.33 bits per heavy atom. The molecule has 18 heavy (non-hydrogen) atoms. The monoisotopic (exact) mass is 255 g/mol. The molecule has 98 valence electrons. The van der Waals surface area contributed by atoms with Gasteiger partial charge >= 0.3 is 5.97 Å². The van der Waals surface area contributed by atoms with E-state index in [1.807, 2.05) is 0 Å². The molecule has 1 atom stereocenters. The molecule has 0 saturated heterocycles. The number of rotatable bonds is 4. The predicted molar refractivity (Wildman–Crippen MR) is 60.5 cm³/mol. The zero-order valence-corrected chi connectivity index (χ0v) is 9.69. The molecule has 0 bridgehead atoms. The number of aliphatic carboxylic acids is 1. The molecule has 0 aliphatic carbocycles. The molecule has 1 aromatic carbocycles. The maximum Gasteiger partial charge on any atom is 0.303 e. The molecule has 0 aromatic heterocycles. The number of fused-ring (bicyclic) bond motifs is 1. The number of carboxylic acids is 1. The van der Waals surface area contributed by atoms with Gasteiger partial charge in [-0.2, -0.15) is 0 Å². The van der Waals surface area contributed by atoms with Crippen LogP contribution in [0.2, 0.25) is 0 Å². The second kappa shape index (κ2) is 5.32. The Morgan fingerprint density at radius 1 is 1.56 bits per heavy atom. The second-order valence-electron chi connectivity index (χ2n) is 4.09. The van der Waals surface area contributed by atoms with Gasteiger partial charge in [0.15, 0.2) is 6.79 Å². The van der Waals surface area contributed by atoms with E-state index in [1.165, 1.54) is 12.1 Å². The summed E-state index contributed by atoms with van der Waals surface area (Å²) >= 11 is 0. The van der Waals surface area contributed by atoms with Gasteiger partial charge in [-0.3, -0.25) is 4.79 Å². The van der Waals surface area contributed by atoms with E-state index in [9.17, 15) is 9.18 Å². The maximum absolute atomic E-state index is 13.8. The van der Waals surface area contributed by atoms with Gasteiger partial charge in [-0.15, -0.1) is 0 Å².